The monoisotopic (exact) mass is 468 g/mol. The second-order valence-corrected chi connectivity index (χ2v) is 9.42. The van der Waals surface area contributed by atoms with Crippen molar-refractivity contribution in [3.05, 3.63) is 59.4 Å². The lowest BCUT2D eigenvalue weighted by atomic mass is 9.84. The van der Waals surface area contributed by atoms with Crippen LogP contribution < -0.4 is 15.4 Å². The van der Waals surface area contributed by atoms with Gasteiger partial charge in [0.05, 0.1) is 19.1 Å². The first-order valence-corrected chi connectivity index (χ1v) is 11.9. The molecule has 2 aromatic rings. The molecule has 1 saturated carbocycles. The molecule has 3 aliphatic rings. The molecular weight excluding hydrogens is 439 g/mol. The summed E-state index contributed by atoms with van der Waals surface area (Å²) < 4.78 is 25.9. The first-order valence-electron chi connectivity index (χ1n) is 11.9. The number of aliphatic hydroxyl groups excluding tert-OH is 1. The number of hydrogen-bond acceptors (Lipinski definition) is 5. The highest BCUT2D eigenvalue weighted by Gasteiger charge is 2.46. The zero-order chi connectivity index (χ0) is 23.7. The topological polar surface area (TPSA) is 96.9 Å². The van der Waals surface area contributed by atoms with E-state index in [-0.39, 0.29) is 49.2 Å². The van der Waals surface area contributed by atoms with Crippen LogP contribution in [0.15, 0.2) is 42.5 Å². The van der Waals surface area contributed by atoms with Gasteiger partial charge in [-0.15, -0.1) is 0 Å². The van der Waals surface area contributed by atoms with E-state index in [0.29, 0.717) is 30.1 Å². The van der Waals surface area contributed by atoms with Gasteiger partial charge in [-0.25, -0.2) is 4.39 Å². The average Bonchev–Trinajstić information content (AvgIpc) is 3.56. The van der Waals surface area contributed by atoms with Gasteiger partial charge in [-0.1, -0.05) is 18.2 Å². The van der Waals surface area contributed by atoms with E-state index in [1.165, 1.54) is 6.07 Å². The van der Waals surface area contributed by atoms with Gasteiger partial charge in [0.1, 0.15) is 23.8 Å². The zero-order valence-corrected chi connectivity index (χ0v) is 18.8. The number of anilines is 1. The Kier molecular flexibility index (Phi) is 6.52. The molecule has 4 atom stereocenters. The molecule has 0 unspecified atom stereocenters. The molecule has 0 bridgehead atoms. The molecule has 1 aliphatic carbocycles. The van der Waals surface area contributed by atoms with Crippen molar-refractivity contribution in [3.63, 3.8) is 0 Å². The molecule has 0 spiro atoms. The first kappa shape index (κ1) is 22.8. The van der Waals surface area contributed by atoms with Crippen molar-refractivity contribution in [2.45, 2.75) is 62.9 Å². The largest absolute Gasteiger partial charge is 0.487 e. The average molecular weight is 469 g/mol. The quantitative estimate of drug-likeness (QED) is 0.553. The van der Waals surface area contributed by atoms with Crippen molar-refractivity contribution in [1.29, 1.82) is 0 Å². The lowest BCUT2D eigenvalue weighted by Gasteiger charge is -2.37. The standard InChI is InChI=1S/C26H29FN2O5/c27-21-4-2-1-3-16(21)13-28-24(31)12-18-11-20-19-10-17(29-25(32)9-15-5-6-15)7-8-22(19)34-26(20)23(14-30)33-18/h1-4,7-8,10,15,18,20,23,26,30H,5-6,9,11-14H2,(H,28,31)(H,29,32)/t18-,20-,23-,26+/m0/s1. The number of benzene rings is 2. The second-order valence-electron chi connectivity index (χ2n) is 9.42. The van der Waals surface area contributed by atoms with Gasteiger partial charge in [0, 0.05) is 35.7 Å². The van der Waals surface area contributed by atoms with Crippen LogP contribution in [0.25, 0.3) is 0 Å². The van der Waals surface area contributed by atoms with Crippen LogP contribution in [0.3, 0.4) is 0 Å². The van der Waals surface area contributed by atoms with E-state index in [1.807, 2.05) is 18.2 Å². The number of carbonyl (C=O) groups excluding carboxylic acids is 2. The number of fused-ring (bicyclic) bond motifs is 3. The van der Waals surface area contributed by atoms with E-state index in [2.05, 4.69) is 10.6 Å². The Bertz CT molecular complexity index is 1070. The van der Waals surface area contributed by atoms with Gasteiger partial charge in [0.15, 0.2) is 0 Å². The molecule has 180 valence electrons. The molecule has 0 radical (unpaired) electrons. The third-order valence-corrected chi connectivity index (χ3v) is 6.80. The lowest BCUT2D eigenvalue weighted by Crippen LogP contribution is -2.47. The molecule has 0 aromatic heterocycles. The molecule has 2 fully saturated rings. The predicted molar refractivity (Wildman–Crippen MR) is 123 cm³/mol. The summed E-state index contributed by atoms with van der Waals surface area (Å²) in [5, 5.41) is 15.6. The Labute approximate surface area is 197 Å². The van der Waals surface area contributed by atoms with E-state index >= 15 is 0 Å². The predicted octanol–water partition coefficient (Wildman–Crippen LogP) is 3.27. The first-order chi connectivity index (χ1) is 16.5. The van der Waals surface area contributed by atoms with Crippen molar-refractivity contribution >= 4 is 17.5 Å². The summed E-state index contributed by atoms with van der Waals surface area (Å²) in [7, 11) is 0. The maximum atomic E-state index is 13.8. The normalized spacial score (nSPS) is 25.1. The highest BCUT2D eigenvalue weighted by atomic mass is 19.1. The summed E-state index contributed by atoms with van der Waals surface area (Å²) in [6, 6.07) is 11.9. The molecule has 8 heteroatoms. The zero-order valence-electron chi connectivity index (χ0n) is 18.8. The minimum Gasteiger partial charge on any atom is -0.487 e. The van der Waals surface area contributed by atoms with E-state index in [4.69, 9.17) is 9.47 Å². The van der Waals surface area contributed by atoms with Gasteiger partial charge in [0.25, 0.3) is 0 Å². The molecule has 1 saturated heterocycles. The second kappa shape index (κ2) is 9.72. The number of aliphatic hydroxyl groups is 1. The fraction of sp³-hybridized carbons (Fsp3) is 0.462. The summed E-state index contributed by atoms with van der Waals surface area (Å²) in [6.45, 7) is -0.128. The number of nitrogens with one attached hydrogen (secondary N) is 2. The van der Waals surface area contributed by atoms with Gasteiger partial charge >= 0.3 is 0 Å². The maximum Gasteiger partial charge on any atom is 0.224 e. The van der Waals surface area contributed by atoms with Gasteiger partial charge in [0.2, 0.25) is 11.8 Å². The lowest BCUT2D eigenvalue weighted by molar-refractivity contribution is -0.142. The Balaban J connectivity index is 1.23. The van der Waals surface area contributed by atoms with Crippen molar-refractivity contribution in [2.75, 3.05) is 11.9 Å². The molecule has 2 aliphatic heterocycles. The Morgan fingerprint density at radius 2 is 1.91 bits per heavy atom. The fourth-order valence-electron chi connectivity index (χ4n) is 4.88. The Hall–Kier alpha value is -2.97. The van der Waals surface area contributed by atoms with Crippen molar-refractivity contribution in [2.24, 2.45) is 5.92 Å². The number of halogens is 1. The number of carbonyl (C=O) groups is 2. The molecule has 2 aromatic carbocycles. The van der Waals surface area contributed by atoms with Gasteiger partial charge in [-0.2, -0.15) is 0 Å². The fourth-order valence-corrected chi connectivity index (χ4v) is 4.88. The maximum absolute atomic E-state index is 13.8. The molecule has 7 nitrogen and oxygen atoms in total. The van der Waals surface area contributed by atoms with Crippen molar-refractivity contribution in [1.82, 2.24) is 5.32 Å². The molecular formula is C26H29FN2O5. The van der Waals surface area contributed by atoms with Gasteiger partial charge in [-0.05, 0) is 49.4 Å². The van der Waals surface area contributed by atoms with Crippen LogP contribution in [-0.4, -0.2) is 41.8 Å². The summed E-state index contributed by atoms with van der Waals surface area (Å²) >= 11 is 0. The Morgan fingerprint density at radius 3 is 2.68 bits per heavy atom. The SMILES string of the molecule is O=C(C[C@@H]1C[C@H]2c3cc(NC(=O)CC4CC4)ccc3O[C@H]2[C@H](CO)O1)NCc1ccccc1F. The summed E-state index contributed by atoms with van der Waals surface area (Å²) in [4.78, 5) is 24.8. The summed E-state index contributed by atoms with van der Waals surface area (Å²) in [5.41, 5.74) is 2.09. The van der Waals surface area contributed by atoms with Crippen LogP contribution >= 0.6 is 0 Å². The molecule has 3 N–H and O–H groups in total. The third kappa shape index (κ3) is 5.08. The van der Waals surface area contributed by atoms with Crippen LogP contribution in [0.4, 0.5) is 10.1 Å². The molecule has 5 rings (SSSR count). The van der Waals surface area contributed by atoms with Crippen LogP contribution in [0.2, 0.25) is 0 Å². The Morgan fingerprint density at radius 1 is 1.09 bits per heavy atom. The van der Waals surface area contributed by atoms with E-state index in [1.54, 1.807) is 18.2 Å². The van der Waals surface area contributed by atoms with Crippen LogP contribution in [0.5, 0.6) is 5.75 Å². The minimum atomic E-state index is -0.566. The third-order valence-electron chi connectivity index (χ3n) is 6.80. The van der Waals surface area contributed by atoms with Crippen molar-refractivity contribution < 1.29 is 28.6 Å². The smallest absolute Gasteiger partial charge is 0.224 e. The van der Waals surface area contributed by atoms with E-state index in [0.717, 1.165) is 24.1 Å². The molecule has 2 heterocycles. The minimum absolute atomic E-state index is 0.0162. The van der Waals surface area contributed by atoms with E-state index < -0.39 is 12.2 Å². The number of ether oxygens (including phenoxy) is 2. The summed E-state index contributed by atoms with van der Waals surface area (Å²) in [5.74, 6) is 0.562. The van der Waals surface area contributed by atoms with E-state index in [9.17, 15) is 19.1 Å². The van der Waals surface area contributed by atoms with Crippen LogP contribution in [0.1, 0.15) is 49.1 Å². The van der Waals surface area contributed by atoms with Gasteiger partial charge in [-0.3, -0.25) is 9.59 Å². The highest BCUT2D eigenvalue weighted by molar-refractivity contribution is 5.91. The van der Waals surface area contributed by atoms with Crippen LogP contribution in [0, 0.1) is 11.7 Å². The number of hydrogen-bond donors (Lipinski definition) is 3. The van der Waals surface area contributed by atoms with Gasteiger partial charge < -0.3 is 25.2 Å². The van der Waals surface area contributed by atoms with Crippen LogP contribution in [-0.2, 0) is 20.9 Å². The number of amides is 2. The number of rotatable bonds is 8. The highest BCUT2D eigenvalue weighted by Crippen LogP contribution is 2.47. The molecule has 34 heavy (non-hydrogen) atoms. The van der Waals surface area contributed by atoms with Crippen molar-refractivity contribution in [3.8, 4) is 5.75 Å². The summed E-state index contributed by atoms with van der Waals surface area (Å²) in [6.07, 6.45) is 2.09. The molecule has 2 amide bonds.